The van der Waals surface area contributed by atoms with Crippen molar-refractivity contribution in [3.63, 3.8) is 0 Å². The van der Waals surface area contributed by atoms with Gasteiger partial charge >= 0.3 is 0 Å². The number of carbonyl (C=O) groups is 1. The molecule has 1 aromatic carbocycles. The maximum absolute atomic E-state index is 11.7. The largest absolute Gasteiger partial charge is 0.395 e. The molecule has 0 aliphatic carbocycles. The number of aromatic nitrogens is 3. The lowest BCUT2D eigenvalue weighted by Gasteiger charge is -2.07. The fourth-order valence-electron chi connectivity index (χ4n) is 1.86. The molecule has 0 fully saturated rings. The summed E-state index contributed by atoms with van der Waals surface area (Å²) in [6.07, 6.45) is 0. The van der Waals surface area contributed by atoms with Crippen molar-refractivity contribution in [1.82, 2.24) is 20.1 Å². The molecule has 3 N–H and O–H groups in total. The monoisotopic (exact) mass is 292 g/mol. The van der Waals surface area contributed by atoms with Crippen molar-refractivity contribution >= 4 is 18.1 Å². The first-order valence-electron chi connectivity index (χ1n) is 6.21. The Morgan fingerprint density at radius 1 is 1.55 bits per heavy atom. The Hall–Kier alpha value is -1.99. The smallest absolute Gasteiger partial charge is 0.240 e. The third-order valence-corrected chi connectivity index (χ3v) is 3.08. The molecule has 1 aromatic heterocycles. The van der Waals surface area contributed by atoms with Crippen LogP contribution in [0.3, 0.4) is 0 Å². The van der Waals surface area contributed by atoms with Crippen LogP contribution in [0.5, 0.6) is 0 Å². The number of amides is 1. The van der Waals surface area contributed by atoms with Gasteiger partial charge in [0.1, 0.15) is 6.54 Å². The molecule has 0 bridgehead atoms. The molecule has 0 saturated carbocycles. The van der Waals surface area contributed by atoms with E-state index in [1.807, 2.05) is 31.2 Å². The zero-order valence-corrected chi connectivity index (χ0v) is 11.9. The first-order chi connectivity index (χ1) is 9.61. The highest BCUT2D eigenvalue weighted by Gasteiger charge is 2.12. The number of rotatable bonds is 5. The highest BCUT2D eigenvalue weighted by molar-refractivity contribution is 7.71. The summed E-state index contributed by atoms with van der Waals surface area (Å²) in [6.45, 7) is 2.19. The predicted octanol–water partition coefficient (Wildman–Crippen LogP) is 1.02. The number of H-pyrrole nitrogens is 1. The number of hydrogen-bond acceptors (Lipinski definition) is 4. The van der Waals surface area contributed by atoms with Gasteiger partial charge in [-0.1, -0.05) is 23.8 Å². The van der Waals surface area contributed by atoms with Crippen LogP contribution in [0.15, 0.2) is 24.3 Å². The minimum absolute atomic E-state index is 0.0681. The van der Waals surface area contributed by atoms with Crippen molar-refractivity contribution in [2.45, 2.75) is 13.5 Å². The fourth-order valence-corrected chi connectivity index (χ4v) is 2.06. The Labute approximate surface area is 121 Å². The Kier molecular flexibility index (Phi) is 4.65. The van der Waals surface area contributed by atoms with Crippen molar-refractivity contribution in [1.29, 1.82) is 0 Å². The van der Waals surface area contributed by atoms with Crippen LogP contribution < -0.4 is 5.32 Å². The SMILES string of the molecule is Cc1cccc(-c2n[nH]c(=S)n2CC(=O)NCCO)c1. The Balaban J connectivity index is 2.28. The van der Waals surface area contributed by atoms with Crippen LogP contribution in [0.2, 0.25) is 0 Å². The van der Waals surface area contributed by atoms with E-state index in [4.69, 9.17) is 17.3 Å². The summed E-state index contributed by atoms with van der Waals surface area (Å²) in [6, 6.07) is 7.81. The minimum Gasteiger partial charge on any atom is -0.395 e. The lowest BCUT2D eigenvalue weighted by molar-refractivity contribution is -0.121. The van der Waals surface area contributed by atoms with Crippen LogP contribution >= 0.6 is 12.2 Å². The predicted molar refractivity (Wildman–Crippen MR) is 77.7 cm³/mol. The summed E-state index contributed by atoms with van der Waals surface area (Å²) in [5.74, 6) is 0.406. The number of aryl methyl sites for hydroxylation is 1. The maximum Gasteiger partial charge on any atom is 0.240 e. The van der Waals surface area contributed by atoms with Crippen molar-refractivity contribution < 1.29 is 9.90 Å². The molecule has 0 radical (unpaired) electrons. The summed E-state index contributed by atoms with van der Waals surface area (Å²) in [4.78, 5) is 11.7. The van der Waals surface area contributed by atoms with E-state index in [1.165, 1.54) is 0 Å². The van der Waals surface area contributed by atoms with Crippen LogP contribution in [-0.2, 0) is 11.3 Å². The van der Waals surface area contributed by atoms with Gasteiger partial charge in [0.15, 0.2) is 10.6 Å². The van der Waals surface area contributed by atoms with Crippen molar-refractivity contribution in [3.05, 3.63) is 34.6 Å². The molecule has 0 saturated heterocycles. The summed E-state index contributed by atoms with van der Waals surface area (Å²) in [7, 11) is 0. The number of aliphatic hydroxyl groups is 1. The van der Waals surface area contributed by atoms with E-state index in [-0.39, 0.29) is 25.6 Å². The molecule has 6 nitrogen and oxygen atoms in total. The van der Waals surface area contributed by atoms with Gasteiger partial charge in [0.2, 0.25) is 5.91 Å². The zero-order valence-electron chi connectivity index (χ0n) is 11.1. The van der Waals surface area contributed by atoms with E-state index in [0.29, 0.717) is 10.6 Å². The van der Waals surface area contributed by atoms with Crippen molar-refractivity contribution in [2.24, 2.45) is 0 Å². The highest BCUT2D eigenvalue weighted by atomic mass is 32.1. The summed E-state index contributed by atoms with van der Waals surface area (Å²) in [5.41, 5.74) is 2.00. The number of aliphatic hydroxyl groups excluding tert-OH is 1. The molecule has 20 heavy (non-hydrogen) atoms. The molecule has 0 aliphatic rings. The fraction of sp³-hybridized carbons (Fsp3) is 0.308. The van der Waals surface area contributed by atoms with Gasteiger partial charge < -0.3 is 10.4 Å². The summed E-state index contributed by atoms with van der Waals surface area (Å²) < 4.78 is 2.03. The number of benzene rings is 1. The molecule has 2 aromatic rings. The number of aromatic amines is 1. The molecule has 0 spiro atoms. The first kappa shape index (κ1) is 14.4. The molecular formula is C13H16N4O2S. The molecule has 1 heterocycles. The number of carbonyl (C=O) groups excluding carboxylic acids is 1. The zero-order chi connectivity index (χ0) is 14.5. The lowest BCUT2D eigenvalue weighted by atomic mass is 10.1. The van der Waals surface area contributed by atoms with Crippen LogP contribution in [0, 0.1) is 11.7 Å². The van der Waals surface area contributed by atoms with Crippen LogP contribution in [0.25, 0.3) is 11.4 Å². The number of nitrogens with zero attached hydrogens (tertiary/aromatic N) is 2. The molecule has 0 aliphatic heterocycles. The third kappa shape index (κ3) is 3.31. The maximum atomic E-state index is 11.7. The second kappa shape index (κ2) is 6.44. The standard InChI is InChI=1S/C13H16N4O2S/c1-9-3-2-4-10(7-9)12-15-16-13(20)17(12)8-11(19)14-5-6-18/h2-4,7,18H,5-6,8H2,1H3,(H,14,19)(H,16,20). The van der Waals surface area contributed by atoms with Gasteiger partial charge in [-0.3, -0.25) is 14.5 Å². The molecular weight excluding hydrogens is 276 g/mol. The Bertz CT molecular complexity index is 662. The average molecular weight is 292 g/mol. The number of nitrogens with one attached hydrogen (secondary N) is 2. The first-order valence-corrected chi connectivity index (χ1v) is 6.62. The van der Waals surface area contributed by atoms with Crippen LogP contribution in [-0.4, -0.2) is 38.9 Å². The lowest BCUT2D eigenvalue weighted by Crippen LogP contribution is -2.30. The van der Waals surface area contributed by atoms with E-state index in [9.17, 15) is 4.79 Å². The van der Waals surface area contributed by atoms with Gasteiger partial charge in [0.25, 0.3) is 0 Å². The van der Waals surface area contributed by atoms with Gasteiger partial charge in [-0.2, -0.15) is 5.10 Å². The van der Waals surface area contributed by atoms with E-state index in [1.54, 1.807) is 4.57 Å². The minimum atomic E-state index is -0.217. The van der Waals surface area contributed by atoms with Crippen molar-refractivity contribution in [2.75, 3.05) is 13.2 Å². The van der Waals surface area contributed by atoms with E-state index < -0.39 is 0 Å². The molecule has 106 valence electrons. The third-order valence-electron chi connectivity index (χ3n) is 2.77. The van der Waals surface area contributed by atoms with Gasteiger partial charge in [-0.05, 0) is 25.2 Å². The van der Waals surface area contributed by atoms with Crippen LogP contribution in [0.1, 0.15) is 5.56 Å². The quantitative estimate of drug-likeness (QED) is 0.719. The van der Waals surface area contributed by atoms with Gasteiger partial charge in [0.05, 0.1) is 6.61 Å². The van der Waals surface area contributed by atoms with E-state index >= 15 is 0 Å². The molecule has 0 unspecified atom stereocenters. The molecule has 1 amide bonds. The topological polar surface area (TPSA) is 82.9 Å². The summed E-state index contributed by atoms with van der Waals surface area (Å²) in [5, 5.41) is 18.2. The van der Waals surface area contributed by atoms with Crippen molar-refractivity contribution in [3.8, 4) is 11.4 Å². The number of hydrogen-bond donors (Lipinski definition) is 3. The average Bonchev–Trinajstić information content (AvgIpc) is 2.78. The Morgan fingerprint density at radius 2 is 2.35 bits per heavy atom. The second-order valence-electron chi connectivity index (χ2n) is 4.38. The van der Waals surface area contributed by atoms with Gasteiger partial charge in [-0.25, -0.2) is 0 Å². The normalized spacial score (nSPS) is 10.5. The highest BCUT2D eigenvalue weighted by Crippen LogP contribution is 2.18. The van der Waals surface area contributed by atoms with Crippen LogP contribution in [0.4, 0.5) is 0 Å². The van der Waals surface area contributed by atoms with E-state index in [0.717, 1.165) is 11.1 Å². The summed E-state index contributed by atoms with van der Waals surface area (Å²) >= 11 is 5.15. The second-order valence-corrected chi connectivity index (χ2v) is 4.77. The van der Waals surface area contributed by atoms with E-state index in [2.05, 4.69) is 15.5 Å². The van der Waals surface area contributed by atoms with Gasteiger partial charge in [0, 0.05) is 12.1 Å². The Morgan fingerprint density at radius 3 is 3.05 bits per heavy atom. The molecule has 7 heteroatoms. The molecule has 0 atom stereocenters. The van der Waals surface area contributed by atoms with Gasteiger partial charge in [-0.15, -0.1) is 0 Å². The molecule has 2 rings (SSSR count).